The Hall–Kier alpha value is -4.41. The van der Waals surface area contributed by atoms with Crippen molar-refractivity contribution in [2.75, 3.05) is 0 Å². The normalized spacial score (nSPS) is 11.7. The largest absolute Gasteiger partial charge is 0.500 e. The molecule has 4 aromatic heterocycles. The van der Waals surface area contributed by atoms with Crippen LogP contribution in [-0.4, -0.2) is 9.97 Å². The van der Waals surface area contributed by atoms with Gasteiger partial charge in [-0.25, -0.2) is 0 Å². The van der Waals surface area contributed by atoms with Crippen LogP contribution in [-0.2, 0) is 20.1 Å². The molecule has 4 heterocycles. The number of pyridine rings is 2. The minimum Gasteiger partial charge on any atom is -0.500 e. The number of aryl methyl sites for hydroxylation is 4. The first-order valence-corrected chi connectivity index (χ1v) is 16.6. The van der Waals surface area contributed by atoms with E-state index < -0.39 is 5.89 Å². The van der Waals surface area contributed by atoms with Gasteiger partial charge in [-0.1, -0.05) is 67.3 Å². The molecule has 5 heteroatoms. The average Bonchev–Trinajstić information content (AvgIpc) is 3.61. The summed E-state index contributed by atoms with van der Waals surface area (Å²) < 4.78 is 16.8. The molecule has 0 N–H and O–H groups in total. The van der Waals surface area contributed by atoms with Gasteiger partial charge in [-0.3, -0.25) is 0 Å². The maximum Gasteiger partial charge on any atom is 0.129 e. The molecule has 8 aromatic rings. The summed E-state index contributed by atoms with van der Waals surface area (Å²) >= 11 is 1.81. The van der Waals surface area contributed by atoms with Gasteiger partial charge >= 0.3 is 0 Å². The fraction of sp³-hybridized carbons (Fsp3) is 0.163. The summed E-state index contributed by atoms with van der Waals surface area (Å²) in [6, 6.07) is 37.0. The summed E-state index contributed by atoms with van der Waals surface area (Å²) in [7, 11) is 0. The molecular weight excluding hydrogens is 785 g/mol. The SMILES string of the molecule is [2H]C(C)(C)c1cc(-c2[c-]ccc3c2oc2c3ccc3sc(C)c(C)c32)ncc1-c1c(C)cccc1C.[Ir].[c-]1ccccc1-c1ccccn1. The molecule has 8 rings (SSSR count). The maximum absolute atomic E-state index is 8.97. The molecule has 0 atom stereocenters. The molecule has 0 spiro atoms. The maximum atomic E-state index is 8.97. The Balaban J connectivity index is 0.000000270. The molecule has 3 nitrogen and oxygen atoms in total. The molecule has 48 heavy (non-hydrogen) atoms. The monoisotopic (exact) mass is 822 g/mol. The third-order valence-electron chi connectivity index (χ3n) is 8.83. The second-order valence-corrected chi connectivity index (χ2v) is 13.4. The Kier molecular flexibility index (Phi) is 9.36. The number of hydrogen-bond donors (Lipinski definition) is 0. The Morgan fingerprint density at radius 2 is 1.54 bits per heavy atom. The van der Waals surface area contributed by atoms with E-state index in [1.807, 2.05) is 79.9 Å². The van der Waals surface area contributed by atoms with Crippen molar-refractivity contribution >= 4 is 43.4 Å². The Bertz CT molecular complexity index is 2370. The van der Waals surface area contributed by atoms with E-state index in [2.05, 4.69) is 87.3 Å². The Labute approximate surface area is 301 Å². The van der Waals surface area contributed by atoms with Crippen molar-refractivity contribution in [3.05, 3.63) is 143 Å². The molecule has 0 fully saturated rings. The number of hydrogen-bond acceptors (Lipinski definition) is 4. The van der Waals surface area contributed by atoms with Gasteiger partial charge in [0, 0.05) is 59.8 Å². The molecule has 1 radical (unpaired) electrons. The number of fused-ring (bicyclic) bond motifs is 5. The van der Waals surface area contributed by atoms with E-state index in [-0.39, 0.29) is 20.1 Å². The van der Waals surface area contributed by atoms with Crippen LogP contribution in [0, 0.1) is 39.8 Å². The zero-order chi connectivity index (χ0) is 33.6. The molecule has 0 aliphatic rings. The standard InChI is InChI=1S/C32H28NOS.C11H8N.Ir/c1-17(2)25-15-27(33-16-26(25)29-18(3)9-7-10-19(29)4)24-12-8-11-22-23-13-14-28-30(20(5)21(6)35-28)32(23)34-31(22)24;1-2-6-10(7-3-1)11-8-4-5-9-12-11;/h7-11,13-17H,1-6H3;1-6,8-9H;/q2*-1;/i17D;;. The van der Waals surface area contributed by atoms with Gasteiger partial charge in [-0.05, 0) is 84.9 Å². The first kappa shape index (κ1) is 32.2. The first-order chi connectivity index (χ1) is 23.1. The molecule has 0 saturated carbocycles. The third-order valence-corrected chi connectivity index (χ3v) is 10.0. The summed E-state index contributed by atoms with van der Waals surface area (Å²) in [6.07, 6.45) is 3.71. The van der Waals surface area contributed by atoms with Gasteiger partial charge in [0.05, 0.1) is 5.58 Å². The first-order valence-electron chi connectivity index (χ1n) is 16.3. The molecule has 0 unspecified atom stereocenters. The number of furan rings is 1. The van der Waals surface area contributed by atoms with Crippen LogP contribution in [0.25, 0.3) is 65.7 Å². The predicted molar refractivity (Wildman–Crippen MR) is 198 cm³/mol. The summed E-state index contributed by atoms with van der Waals surface area (Å²) in [6.45, 7) is 12.5. The molecule has 0 saturated heterocycles. The third kappa shape index (κ3) is 6.15. The summed E-state index contributed by atoms with van der Waals surface area (Å²) in [5.41, 5.74) is 12.1. The van der Waals surface area contributed by atoms with Crippen molar-refractivity contribution in [2.24, 2.45) is 0 Å². The quantitative estimate of drug-likeness (QED) is 0.166. The molecule has 0 bridgehead atoms. The Morgan fingerprint density at radius 3 is 2.25 bits per heavy atom. The average molecular weight is 822 g/mol. The summed E-state index contributed by atoms with van der Waals surface area (Å²) in [5.74, 6) is -0.805. The van der Waals surface area contributed by atoms with Crippen LogP contribution < -0.4 is 0 Å². The van der Waals surface area contributed by atoms with Crippen molar-refractivity contribution in [3.8, 4) is 33.6 Å². The van der Waals surface area contributed by atoms with Crippen molar-refractivity contribution in [1.82, 2.24) is 9.97 Å². The van der Waals surface area contributed by atoms with Crippen LogP contribution in [0.4, 0.5) is 0 Å². The van der Waals surface area contributed by atoms with Gasteiger partial charge in [0.15, 0.2) is 0 Å². The second-order valence-electron chi connectivity index (χ2n) is 12.2. The number of aromatic nitrogens is 2. The van der Waals surface area contributed by atoms with Crippen LogP contribution in [0.5, 0.6) is 0 Å². The molecule has 0 aliphatic carbocycles. The van der Waals surface area contributed by atoms with Crippen molar-refractivity contribution < 1.29 is 25.9 Å². The minimum atomic E-state index is -0.805. The predicted octanol–water partition coefficient (Wildman–Crippen LogP) is 12.2. The summed E-state index contributed by atoms with van der Waals surface area (Å²) in [4.78, 5) is 10.4. The topological polar surface area (TPSA) is 38.9 Å². The van der Waals surface area contributed by atoms with Gasteiger partial charge < -0.3 is 14.4 Å². The van der Waals surface area contributed by atoms with Crippen molar-refractivity contribution in [1.29, 1.82) is 0 Å². The molecule has 0 aliphatic heterocycles. The van der Waals surface area contributed by atoms with Gasteiger partial charge in [0.25, 0.3) is 0 Å². The van der Waals surface area contributed by atoms with E-state index in [4.69, 9.17) is 10.8 Å². The Morgan fingerprint density at radius 1 is 0.771 bits per heavy atom. The van der Waals surface area contributed by atoms with E-state index in [1.54, 1.807) is 6.20 Å². The van der Waals surface area contributed by atoms with Crippen LogP contribution in [0.2, 0.25) is 0 Å². The smallest absolute Gasteiger partial charge is 0.129 e. The van der Waals surface area contributed by atoms with Crippen LogP contribution in [0.1, 0.15) is 48.2 Å². The van der Waals surface area contributed by atoms with Gasteiger partial charge in [-0.15, -0.1) is 65.4 Å². The zero-order valence-electron chi connectivity index (χ0n) is 28.9. The van der Waals surface area contributed by atoms with E-state index in [9.17, 15) is 0 Å². The number of thiophene rings is 1. The number of rotatable bonds is 4. The molecule has 241 valence electrons. The number of benzene rings is 4. The van der Waals surface area contributed by atoms with Gasteiger partial charge in [0.1, 0.15) is 5.58 Å². The van der Waals surface area contributed by atoms with Crippen molar-refractivity contribution in [3.63, 3.8) is 0 Å². The van der Waals surface area contributed by atoms with E-state index in [0.717, 1.165) is 61.1 Å². The minimum absolute atomic E-state index is 0. The molecular formula is C43H36IrN2OS-2. The summed E-state index contributed by atoms with van der Waals surface area (Å²) in [5, 5.41) is 3.38. The van der Waals surface area contributed by atoms with Gasteiger partial charge in [0.2, 0.25) is 0 Å². The fourth-order valence-corrected chi connectivity index (χ4v) is 7.42. The van der Waals surface area contributed by atoms with Gasteiger partial charge in [-0.2, -0.15) is 0 Å². The second kappa shape index (κ2) is 14.0. The van der Waals surface area contributed by atoms with Crippen LogP contribution in [0.15, 0.2) is 108 Å². The fourth-order valence-electron chi connectivity index (χ4n) is 6.35. The van der Waals surface area contributed by atoms with Crippen LogP contribution >= 0.6 is 11.3 Å². The van der Waals surface area contributed by atoms with E-state index >= 15 is 0 Å². The number of nitrogens with zero attached hydrogens (tertiary/aromatic N) is 2. The van der Waals surface area contributed by atoms with Crippen LogP contribution in [0.3, 0.4) is 0 Å². The van der Waals surface area contributed by atoms with E-state index in [0.29, 0.717) is 0 Å². The van der Waals surface area contributed by atoms with E-state index in [1.165, 1.54) is 31.7 Å². The molecule has 0 amide bonds. The zero-order valence-corrected chi connectivity index (χ0v) is 31.1. The van der Waals surface area contributed by atoms with Crippen molar-refractivity contribution in [2.45, 2.75) is 47.4 Å². The molecule has 4 aromatic carbocycles.